The lowest BCUT2D eigenvalue weighted by Gasteiger charge is -2.10. The third-order valence-corrected chi connectivity index (χ3v) is 3.37. The van der Waals surface area contributed by atoms with E-state index < -0.39 is 17.6 Å². The fourth-order valence-electron chi connectivity index (χ4n) is 1.66. The maximum Gasteiger partial charge on any atom is 0.251 e. The van der Waals surface area contributed by atoms with E-state index in [9.17, 15) is 14.0 Å². The van der Waals surface area contributed by atoms with Crippen LogP contribution in [0.4, 0.5) is 10.1 Å². The van der Waals surface area contributed by atoms with Crippen molar-refractivity contribution in [3.8, 4) is 0 Å². The first-order valence-corrected chi connectivity index (χ1v) is 7.00. The summed E-state index contributed by atoms with van der Waals surface area (Å²) in [6.07, 6.45) is 0. The SMILES string of the molecule is O=C(CNC(=O)c1ccc(F)cc1)Nc1c(Cl)cccc1Cl. The molecule has 0 fully saturated rings. The van der Waals surface area contributed by atoms with Crippen molar-refractivity contribution in [3.63, 3.8) is 0 Å². The lowest BCUT2D eigenvalue weighted by molar-refractivity contribution is -0.115. The van der Waals surface area contributed by atoms with Gasteiger partial charge in [-0.05, 0) is 36.4 Å². The summed E-state index contributed by atoms with van der Waals surface area (Å²) in [5, 5.41) is 5.53. The number of carbonyl (C=O) groups excluding carboxylic acids is 2. The van der Waals surface area contributed by atoms with Crippen molar-refractivity contribution in [2.45, 2.75) is 0 Å². The Labute approximate surface area is 136 Å². The fraction of sp³-hybridized carbons (Fsp3) is 0.0667. The Morgan fingerprint density at radius 3 is 2.18 bits per heavy atom. The summed E-state index contributed by atoms with van der Waals surface area (Å²) in [7, 11) is 0. The predicted octanol–water partition coefficient (Wildman–Crippen LogP) is 3.50. The summed E-state index contributed by atoms with van der Waals surface area (Å²) in [4.78, 5) is 23.6. The van der Waals surface area contributed by atoms with E-state index in [-0.39, 0.29) is 17.8 Å². The van der Waals surface area contributed by atoms with Gasteiger partial charge in [-0.1, -0.05) is 29.3 Å². The van der Waals surface area contributed by atoms with Gasteiger partial charge in [-0.25, -0.2) is 4.39 Å². The second kappa shape index (κ2) is 7.24. The minimum atomic E-state index is -0.486. The number of hydrogen-bond donors (Lipinski definition) is 2. The highest BCUT2D eigenvalue weighted by atomic mass is 35.5. The van der Waals surface area contributed by atoms with Gasteiger partial charge in [0.2, 0.25) is 5.91 Å². The van der Waals surface area contributed by atoms with Crippen molar-refractivity contribution in [1.82, 2.24) is 5.32 Å². The number of nitrogens with one attached hydrogen (secondary N) is 2. The first-order chi connectivity index (χ1) is 10.5. The number of anilines is 1. The van der Waals surface area contributed by atoms with E-state index in [1.165, 1.54) is 24.3 Å². The summed E-state index contributed by atoms with van der Waals surface area (Å²) in [6, 6.07) is 9.80. The number of rotatable bonds is 4. The molecule has 2 aromatic rings. The van der Waals surface area contributed by atoms with Gasteiger partial charge in [0.25, 0.3) is 5.91 Å². The van der Waals surface area contributed by atoms with E-state index in [1.54, 1.807) is 18.2 Å². The molecular weight excluding hydrogens is 330 g/mol. The standard InChI is InChI=1S/C15H11Cl2FN2O2/c16-11-2-1-3-12(17)14(11)20-13(21)8-19-15(22)9-4-6-10(18)7-5-9/h1-7H,8H2,(H,19,22)(H,20,21). The monoisotopic (exact) mass is 340 g/mol. The van der Waals surface area contributed by atoms with Crippen molar-refractivity contribution in [1.29, 1.82) is 0 Å². The fourth-order valence-corrected chi connectivity index (χ4v) is 2.16. The van der Waals surface area contributed by atoms with Crippen LogP contribution in [0.3, 0.4) is 0 Å². The molecule has 2 rings (SSSR count). The minimum Gasteiger partial charge on any atom is -0.343 e. The molecule has 0 radical (unpaired) electrons. The first kappa shape index (κ1) is 16.3. The van der Waals surface area contributed by atoms with Crippen molar-refractivity contribution >= 4 is 40.7 Å². The van der Waals surface area contributed by atoms with Crippen LogP contribution in [0.5, 0.6) is 0 Å². The normalized spacial score (nSPS) is 10.1. The molecule has 0 aliphatic heterocycles. The van der Waals surface area contributed by atoms with Crippen molar-refractivity contribution in [3.05, 3.63) is 63.9 Å². The molecule has 22 heavy (non-hydrogen) atoms. The van der Waals surface area contributed by atoms with Gasteiger partial charge in [0, 0.05) is 5.56 Å². The summed E-state index contributed by atoms with van der Waals surface area (Å²) < 4.78 is 12.8. The molecule has 0 atom stereocenters. The molecule has 0 spiro atoms. The second-order valence-corrected chi connectivity index (χ2v) is 5.15. The largest absolute Gasteiger partial charge is 0.343 e. The highest BCUT2D eigenvalue weighted by Crippen LogP contribution is 2.29. The van der Waals surface area contributed by atoms with Gasteiger partial charge in [-0.3, -0.25) is 9.59 Å². The molecule has 0 aromatic heterocycles. The molecule has 0 saturated carbocycles. The van der Waals surface area contributed by atoms with Crippen LogP contribution in [0.15, 0.2) is 42.5 Å². The molecule has 2 amide bonds. The molecule has 7 heteroatoms. The van der Waals surface area contributed by atoms with Gasteiger partial charge in [-0.15, -0.1) is 0 Å². The first-order valence-electron chi connectivity index (χ1n) is 6.25. The van der Waals surface area contributed by atoms with Crippen molar-refractivity contribution in [2.75, 3.05) is 11.9 Å². The van der Waals surface area contributed by atoms with Crippen molar-refractivity contribution < 1.29 is 14.0 Å². The third kappa shape index (κ3) is 4.19. The van der Waals surface area contributed by atoms with E-state index >= 15 is 0 Å². The summed E-state index contributed by atoms with van der Waals surface area (Å²) >= 11 is 11.8. The average molecular weight is 341 g/mol. The number of hydrogen-bond acceptors (Lipinski definition) is 2. The van der Waals surface area contributed by atoms with Crippen LogP contribution in [-0.2, 0) is 4.79 Å². The number of carbonyl (C=O) groups is 2. The average Bonchev–Trinajstić information content (AvgIpc) is 2.49. The second-order valence-electron chi connectivity index (χ2n) is 4.33. The molecule has 4 nitrogen and oxygen atoms in total. The zero-order valence-electron chi connectivity index (χ0n) is 11.2. The Bertz CT molecular complexity index is 685. The Morgan fingerprint density at radius 2 is 1.59 bits per heavy atom. The summed E-state index contributed by atoms with van der Waals surface area (Å²) in [6.45, 7) is -0.266. The molecule has 114 valence electrons. The highest BCUT2D eigenvalue weighted by Gasteiger charge is 2.11. The van der Waals surface area contributed by atoms with Gasteiger partial charge in [0.1, 0.15) is 5.82 Å². The number of para-hydroxylation sites is 1. The summed E-state index contributed by atoms with van der Waals surface area (Å²) in [5.41, 5.74) is 0.539. The molecule has 0 aliphatic carbocycles. The maximum atomic E-state index is 12.8. The lowest BCUT2D eigenvalue weighted by atomic mass is 10.2. The van der Waals surface area contributed by atoms with Crippen LogP contribution < -0.4 is 10.6 Å². The van der Waals surface area contributed by atoms with E-state index in [0.717, 1.165) is 0 Å². The Kier molecular flexibility index (Phi) is 5.35. The van der Waals surface area contributed by atoms with Crippen LogP contribution in [0.2, 0.25) is 10.0 Å². The number of halogens is 3. The molecule has 0 aliphatic rings. The molecule has 0 unspecified atom stereocenters. The van der Waals surface area contributed by atoms with Crippen molar-refractivity contribution in [2.24, 2.45) is 0 Å². The molecule has 2 N–H and O–H groups in total. The van der Waals surface area contributed by atoms with E-state index in [4.69, 9.17) is 23.2 Å². The van der Waals surface area contributed by atoms with E-state index in [1.807, 2.05) is 0 Å². The Morgan fingerprint density at radius 1 is 1.00 bits per heavy atom. The number of amides is 2. The van der Waals surface area contributed by atoms with Crippen LogP contribution in [0, 0.1) is 5.82 Å². The smallest absolute Gasteiger partial charge is 0.251 e. The quantitative estimate of drug-likeness (QED) is 0.894. The molecule has 0 heterocycles. The highest BCUT2D eigenvalue weighted by molar-refractivity contribution is 6.39. The van der Waals surface area contributed by atoms with Gasteiger partial charge < -0.3 is 10.6 Å². The molecular formula is C15H11Cl2FN2O2. The van der Waals surface area contributed by atoms with Crippen LogP contribution in [0.1, 0.15) is 10.4 Å². The van der Waals surface area contributed by atoms with Crippen LogP contribution in [0.25, 0.3) is 0 Å². The van der Waals surface area contributed by atoms with Gasteiger partial charge in [-0.2, -0.15) is 0 Å². The Balaban J connectivity index is 1.93. The van der Waals surface area contributed by atoms with Gasteiger partial charge in [0.05, 0.1) is 22.3 Å². The topological polar surface area (TPSA) is 58.2 Å². The predicted molar refractivity (Wildman–Crippen MR) is 83.8 cm³/mol. The van der Waals surface area contributed by atoms with Gasteiger partial charge >= 0.3 is 0 Å². The molecule has 0 bridgehead atoms. The molecule has 2 aromatic carbocycles. The lowest BCUT2D eigenvalue weighted by Crippen LogP contribution is -2.32. The maximum absolute atomic E-state index is 12.8. The zero-order chi connectivity index (χ0) is 16.1. The van der Waals surface area contributed by atoms with E-state index in [2.05, 4.69) is 10.6 Å². The zero-order valence-corrected chi connectivity index (χ0v) is 12.7. The summed E-state index contributed by atoms with van der Waals surface area (Å²) in [5.74, 6) is -1.41. The van der Waals surface area contributed by atoms with Crippen LogP contribution in [-0.4, -0.2) is 18.4 Å². The Hall–Kier alpha value is -2.11. The van der Waals surface area contributed by atoms with Gasteiger partial charge in [0.15, 0.2) is 0 Å². The molecule has 0 saturated heterocycles. The third-order valence-electron chi connectivity index (χ3n) is 2.74. The minimum absolute atomic E-state index is 0.255. The van der Waals surface area contributed by atoms with Crippen LogP contribution >= 0.6 is 23.2 Å². The van der Waals surface area contributed by atoms with E-state index in [0.29, 0.717) is 10.0 Å². The number of benzene rings is 2.